The van der Waals surface area contributed by atoms with E-state index in [4.69, 9.17) is 0 Å². The molecule has 1 aliphatic heterocycles. The second-order valence-electron chi connectivity index (χ2n) is 5.80. The summed E-state index contributed by atoms with van der Waals surface area (Å²) in [6.07, 6.45) is 0.828. The predicted octanol–water partition coefficient (Wildman–Crippen LogP) is 2.43. The molecule has 1 amide bonds. The zero-order valence-electron chi connectivity index (χ0n) is 13.4. The smallest absolute Gasteiger partial charge is 0.251 e. The minimum atomic E-state index is -0.329. The van der Waals surface area contributed by atoms with Crippen LogP contribution in [0.15, 0.2) is 48.5 Å². The van der Waals surface area contributed by atoms with Gasteiger partial charge in [-0.2, -0.15) is 0 Å². The fourth-order valence-corrected chi connectivity index (χ4v) is 3.27. The average Bonchev–Trinajstić information content (AvgIpc) is 2.61. The lowest BCUT2D eigenvalue weighted by Gasteiger charge is -2.37. The quantitative estimate of drug-likeness (QED) is 0.692. The Hall–Kier alpha value is -2.89. The molecule has 1 aliphatic rings. The van der Waals surface area contributed by atoms with E-state index >= 15 is 0 Å². The van der Waals surface area contributed by atoms with Crippen LogP contribution < -0.4 is 10.2 Å². The maximum absolute atomic E-state index is 11.9. The van der Waals surface area contributed by atoms with Crippen molar-refractivity contribution in [1.29, 1.82) is 0 Å². The van der Waals surface area contributed by atoms with Gasteiger partial charge in [0.1, 0.15) is 6.04 Å². The Labute approximate surface area is 140 Å². The third-order valence-corrected chi connectivity index (χ3v) is 4.40. The molecule has 0 fully saturated rings. The number of fused-ring (bicyclic) bond motifs is 1. The molecule has 0 spiro atoms. The highest BCUT2D eigenvalue weighted by molar-refractivity contribution is 5.94. The Bertz CT molecular complexity index is 776. The first-order chi connectivity index (χ1) is 11.6. The van der Waals surface area contributed by atoms with Gasteiger partial charge in [-0.15, -0.1) is 0 Å². The van der Waals surface area contributed by atoms with Gasteiger partial charge in [0.2, 0.25) is 6.54 Å². The van der Waals surface area contributed by atoms with E-state index in [0.29, 0.717) is 12.1 Å². The highest BCUT2D eigenvalue weighted by Crippen LogP contribution is 2.34. The van der Waals surface area contributed by atoms with Crippen LogP contribution >= 0.6 is 0 Å². The number of nitrogens with zero attached hydrogens (tertiary/aromatic N) is 2. The molecular weight excluding hydrogens is 306 g/mol. The van der Waals surface area contributed by atoms with Crippen LogP contribution in [-0.4, -0.2) is 31.0 Å². The standard InChI is InChI=1S/C18H19N3O3/c1-19-18(22)14-6-4-7-15(11-14)20-10-9-13-5-2-3-8-16(13)17(20)12-21(23)24/h2-8,11,17H,9-10,12H2,1H3,(H,19,22). The summed E-state index contributed by atoms with van der Waals surface area (Å²) in [6, 6.07) is 14.8. The third-order valence-electron chi connectivity index (χ3n) is 4.40. The molecule has 24 heavy (non-hydrogen) atoms. The number of nitro groups is 1. The number of anilines is 1. The van der Waals surface area contributed by atoms with Gasteiger partial charge in [0, 0.05) is 29.8 Å². The summed E-state index contributed by atoms with van der Waals surface area (Å²) in [4.78, 5) is 24.8. The number of hydrogen-bond acceptors (Lipinski definition) is 4. The van der Waals surface area contributed by atoms with Crippen LogP contribution in [-0.2, 0) is 6.42 Å². The van der Waals surface area contributed by atoms with Crippen molar-refractivity contribution in [3.8, 4) is 0 Å². The highest BCUT2D eigenvalue weighted by Gasteiger charge is 2.31. The number of hydrogen-bond donors (Lipinski definition) is 1. The van der Waals surface area contributed by atoms with Crippen molar-refractivity contribution in [2.24, 2.45) is 0 Å². The summed E-state index contributed by atoms with van der Waals surface area (Å²) in [5.41, 5.74) is 3.53. The Kier molecular flexibility index (Phi) is 4.46. The molecule has 0 bridgehead atoms. The highest BCUT2D eigenvalue weighted by atomic mass is 16.6. The van der Waals surface area contributed by atoms with E-state index < -0.39 is 0 Å². The van der Waals surface area contributed by atoms with Gasteiger partial charge in [0.15, 0.2) is 0 Å². The van der Waals surface area contributed by atoms with Crippen molar-refractivity contribution in [2.75, 3.05) is 25.0 Å². The van der Waals surface area contributed by atoms with Crippen LogP contribution in [0.4, 0.5) is 5.69 Å². The van der Waals surface area contributed by atoms with Gasteiger partial charge in [-0.1, -0.05) is 30.3 Å². The molecule has 0 radical (unpaired) electrons. The molecule has 0 aliphatic carbocycles. The average molecular weight is 325 g/mol. The summed E-state index contributed by atoms with van der Waals surface area (Å²) in [5, 5.41) is 13.8. The molecule has 2 aromatic carbocycles. The van der Waals surface area contributed by atoms with Crippen LogP contribution in [0.5, 0.6) is 0 Å². The first-order valence-electron chi connectivity index (χ1n) is 7.88. The van der Waals surface area contributed by atoms with Crippen molar-refractivity contribution in [1.82, 2.24) is 5.32 Å². The molecule has 124 valence electrons. The number of carbonyl (C=O) groups is 1. The van der Waals surface area contributed by atoms with Gasteiger partial charge in [-0.05, 0) is 35.7 Å². The van der Waals surface area contributed by atoms with Gasteiger partial charge >= 0.3 is 0 Å². The molecule has 6 heteroatoms. The van der Waals surface area contributed by atoms with Crippen molar-refractivity contribution in [3.05, 3.63) is 75.3 Å². The van der Waals surface area contributed by atoms with Crippen LogP contribution in [0.25, 0.3) is 0 Å². The van der Waals surface area contributed by atoms with E-state index in [1.54, 1.807) is 19.2 Å². The first kappa shape index (κ1) is 16.0. The summed E-state index contributed by atoms with van der Waals surface area (Å²) in [7, 11) is 1.59. The SMILES string of the molecule is CNC(=O)c1cccc(N2CCc3ccccc3C2C[N+](=O)[O-])c1. The van der Waals surface area contributed by atoms with E-state index in [2.05, 4.69) is 5.32 Å². The lowest BCUT2D eigenvalue weighted by molar-refractivity contribution is -0.483. The second-order valence-corrected chi connectivity index (χ2v) is 5.80. The molecule has 1 N–H and O–H groups in total. The topological polar surface area (TPSA) is 75.5 Å². The minimum Gasteiger partial charge on any atom is -0.358 e. The maximum Gasteiger partial charge on any atom is 0.251 e. The van der Waals surface area contributed by atoms with Crippen LogP contribution in [0.1, 0.15) is 27.5 Å². The van der Waals surface area contributed by atoms with Gasteiger partial charge in [0.05, 0.1) is 0 Å². The van der Waals surface area contributed by atoms with Crippen molar-refractivity contribution < 1.29 is 9.72 Å². The van der Waals surface area contributed by atoms with Crippen molar-refractivity contribution in [3.63, 3.8) is 0 Å². The zero-order valence-corrected chi connectivity index (χ0v) is 13.4. The number of benzene rings is 2. The monoisotopic (exact) mass is 325 g/mol. The molecule has 1 atom stereocenters. The van der Waals surface area contributed by atoms with E-state index in [1.807, 2.05) is 41.3 Å². The second kappa shape index (κ2) is 6.70. The number of rotatable bonds is 4. The van der Waals surface area contributed by atoms with Crippen LogP contribution in [0.2, 0.25) is 0 Å². The van der Waals surface area contributed by atoms with Gasteiger partial charge < -0.3 is 10.2 Å². The molecule has 0 saturated heterocycles. The Morgan fingerprint density at radius 3 is 2.83 bits per heavy atom. The Morgan fingerprint density at radius 2 is 2.08 bits per heavy atom. The lowest BCUT2D eigenvalue weighted by Crippen LogP contribution is -2.39. The third kappa shape index (κ3) is 3.08. The van der Waals surface area contributed by atoms with Gasteiger partial charge in [-0.25, -0.2) is 0 Å². The minimum absolute atomic E-state index is 0.165. The van der Waals surface area contributed by atoms with Gasteiger partial charge in [0.25, 0.3) is 5.91 Å². The molecule has 6 nitrogen and oxygen atoms in total. The number of nitrogens with one attached hydrogen (secondary N) is 1. The largest absolute Gasteiger partial charge is 0.358 e. The molecule has 1 unspecified atom stereocenters. The number of carbonyl (C=O) groups excluding carboxylic acids is 1. The maximum atomic E-state index is 11.9. The lowest BCUT2D eigenvalue weighted by atomic mass is 9.92. The summed E-state index contributed by atoms with van der Waals surface area (Å²) in [5.74, 6) is -0.167. The zero-order chi connectivity index (χ0) is 17.1. The van der Waals surface area contributed by atoms with Gasteiger partial charge in [-0.3, -0.25) is 14.9 Å². The molecule has 0 aromatic heterocycles. The van der Waals surface area contributed by atoms with E-state index in [9.17, 15) is 14.9 Å². The molecule has 1 heterocycles. The Morgan fingerprint density at radius 1 is 1.29 bits per heavy atom. The summed E-state index contributed by atoms with van der Waals surface area (Å²) >= 11 is 0. The molecular formula is C18H19N3O3. The molecule has 2 aromatic rings. The first-order valence-corrected chi connectivity index (χ1v) is 7.88. The van der Waals surface area contributed by atoms with Crippen molar-refractivity contribution >= 4 is 11.6 Å². The number of amides is 1. The Balaban J connectivity index is 2.00. The summed E-state index contributed by atoms with van der Waals surface area (Å²) < 4.78 is 0. The van der Waals surface area contributed by atoms with E-state index in [0.717, 1.165) is 23.2 Å². The van der Waals surface area contributed by atoms with Crippen LogP contribution in [0, 0.1) is 10.1 Å². The van der Waals surface area contributed by atoms with E-state index in [-0.39, 0.29) is 23.4 Å². The summed E-state index contributed by atoms with van der Waals surface area (Å²) in [6.45, 7) is 0.522. The fourth-order valence-electron chi connectivity index (χ4n) is 3.27. The molecule has 0 saturated carbocycles. The molecule has 3 rings (SSSR count). The predicted molar refractivity (Wildman–Crippen MR) is 91.9 cm³/mol. The normalized spacial score (nSPS) is 16.4. The van der Waals surface area contributed by atoms with Crippen molar-refractivity contribution in [2.45, 2.75) is 12.5 Å². The van der Waals surface area contributed by atoms with Crippen LogP contribution in [0.3, 0.4) is 0 Å². The fraction of sp³-hybridized carbons (Fsp3) is 0.278. The van der Waals surface area contributed by atoms with E-state index in [1.165, 1.54) is 0 Å².